The van der Waals surface area contributed by atoms with Crippen LogP contribution in [0.15, 0.2) is 60.1 Å². The van der Waals surface area contributed by atoms with E-state index < -0.39 is 6.04 Å². The highest BCUT2D eigenvalue weighted by atomic mass is 16.5. The summed E-state index contributed by atoms with van der Waals surface area (Å²) in [5, 5.41) is 28.0. The maximum Gasteiger partial charge on any atom is 0.224 e. The maximum atomic E-state index is 9.46. The fraction of sp³-hybridized carbons (Fsp3) is 0.0455. The zero-order chi connectivity index (χ0) is 24.4. The van der Waals surface area contributed by atoms with Crippen LogP contribution < -0.4 is 26.8 Å². The third-order valence-corrected chi connectivity index (χ3v) is 5.14. The number of guanidine groups is 1. The summed E-state index contributed by atoms with van der Waals surface area (Å²) in [7, 11) is 0. The Bertz CT molecular complexity index is 1510. The van der Waals surface area contributed by atoms with E-state index in [-0.39, 0.29) is 23.0 Å². The summed E-state index contributed by atoms with van der Waals surface area (Å²) in [6.45, 7) is 0. The molecule has 6 N–H and O–H groups in total. The maximum absolute atomic E-state index is 9.46. The molecule has 13 heteroatoms. The van der Waals surface area contributed by atoms with Crippen molar-refractivity contribution in [3.63, 3.8) is 0 Å². The summed E-state index contributed by atoms with van der Waals surface area (Å²) in [6, 6.07) is 11.8. The fourth-order valence-electron chi connectivity index (χ4n) is 3.58. The van der Waals surface area contributed by atoms with Gasteiger partial charge in [-0.1, -0.05) is 12.1 Å². The molecule has 35 heavy (non-hydrogen) atoms. The van der Waals surface area contributed by atoms with E-state index in [0.29, 0.717) is 28.8 Å². The highest BCUT2D eigenvalue weighted by molar-refractivity contribution is 5.98. The predicted octanol–water partition coefficient (Wildman–Crippen LogP) is 1.83. The van der Waals surface area contributed by atoms with Gasteiger partial charge >= 0.3 is 0 Å². The second-order valence-corrected chi connectivity index (χ2v) is 7.24. The highest BCUT2D eigenvalue weighted by Gasteiger charge is 2.29. The summed E-state index contributed by atoms with van der Waals surface area (Å²) < 4.78 is 7.47. The molecular formula is C22H16N12O. The average molecular weight is 464 g/mol. The molecule has 13 nitrogen and oxygen atoms in total. The molecule has 1 aliphatic heterocycles. The van der Waals surface area contributed by atoms with Crippen molar-refractivity contribution in [3.8, 4) is 29.7 Å². The molecule has 3 aromatic heterocycles. The van der Waals surface area contributed by atoms with E-state index >= 15 is 0 Å². The molecule has 0 saturated heterocycles. The smallest absolute Gasteiger partial charge is 0.224 e. The van der Waals surface area contributed by atoms with Crippen LogP contribution in [0, 0.1) is 22.8 Å². The van der Waals surface area contributed by atoms with Crippen LogP contribution in [0.4, 0.5) is 17.3 Å². The van der Waals surface area contributed by atoms with E-state index in [1.807, 2.05) is 12.3 Å². The van der Waals surface area contributed by atoms with Crippen molar-refractivity contribution in [1.82, 2.24) is 30.0 Å². The summed E-state index contributed by atoms with van der Waals surface area (Å²) in [5.74, 6) is 1.89. The zero-order valence-corrected chi connectivity index (χ0v) is 17.9. The van der Waals surface area contributed by atoms with Crippen molar-refractivity contribution in [3.05, 3.63) is 71.8 Å². The molecule has 1 aromatic carbocycles. The first-order chi connectivity index (χ1) is 17.1. The Morgan fingerprint density at radius 2 is 1.97 bits per heavy atom. The number of aliphatic imine (C=N–C) groups is 1. The summed E-state index contributed by atoms with van der Waals surface area (Å²) in [5.41, 5.74) is 13.6. The zero-order valence-electron chi connectivity index (χ0n) is 17.9. The quantitative estimate of drug-likeness (QED) is 0.253. The summed E-state index contributed by atoms with van der Waals surface area (Å²) in [4.78, 5) is 17.1. The molecule has 0 fully saturated rings. The predicted molar refractivity (Wildman–Crippen MR) is 125 cm³/mol. The Morgan fingerprint density at radius 1 is 1.14 bits per heavy atom. The van der Waals surface area contributed by atoms with Crippen molar-refractivity contribution in [2.24, 2.45) is 4.99 Å². The van der Waals surface area contributed by atoms with Gasteiger partial charge in [-0.05, 0) is 23.8 Å². The number of nitrogens with zero attached hydrogens (tertiary/aromatic N) is 8. The van der Waals surface area contributed by atoms with Crippen LogP contribution in [0.3, 0.4) is 0 Å². The monoisotopic (exact) mass is 464 g/mol. The van der Waals surface area contributed by atoms with Crippen LogP contribution in [0.25, 0.3) is 5.82 Å². The van der Waals surface area contributed by atoms with Crippen LogP contribution in [0.5, 0.6) is 11.6 Å². The lowest BCUT2D eigenvalue weighted by Crippen LogP contribution is -2.32. The lowest BCUT2D eigenvalue weighted by molar-refractivity contribution is 0.460. The van der Waals surface area contributed by atoms with Crippen molar-refractivity contribution in [2.45, 2.75) is 6.04 Å². The van der Waals surface area contributed by atoms with Crippen LogP contribution in [-0.4, -0.2) is 30.7 Å². The number of hydrogen-bond acceptors (Lipinski definition) is 12. The number of nitrogen functional groups attached to an aromatic ring is 2. The van der Waals surface area contributed by atoms with Crippen LogP contribution in [-0.2, 0) is 0 Å². The van der Waals surface area contributed by atoms with E-state index in [1.165, 1.54) is 6.33 Å². The number of nitriles is 2. The Morgan fingerprint density at radius 3 is 2.69 bits per heavy atom. The Labute approximate surface area is 198 Å². The van der Waals surface area contributed by atoms with Gasteiger partial charge in [0.2, 0.25) is 11.8 Å². The molecule has 0 radical (unpaired) electrons. The van der Waals surface area contributed by atoms with E-state index in [1.54, 1.807) is 53.5 Å². The minimum Gasteiger partial charge on any atom is -0.439 e. The molecule has 1 atom stereocenters. The molecule has 0 amide bonds. The summed E-state index contributed by atoms with van der Waals surface area (Å²) in [6.07, 6.45) is 6.62. The molecule has 0 bridgehead atoms. The number of anilines is 3. The second-order valence-electron chi connectivity index (χ2n) is 7.24. The molecule has 4 heterocycles. The van der Waals surface area contributed by atoms with E-state index in [0.717, 1.165) is 5.56 Å². The number of nitrogens with one attached hydrogen (secondary N) is 2. The second kappa shape index (κ2) is 8.68. The number of nitrogens with two attached hydrogens (primary N) is 2. The minimum atomic E-state index is -0.651. The number of fused-ring (bicyclic) bond motifs is 1. The van der Waals surface area contributed by atoms with E-state index in [4.69, 9.17) is 21.5 Å². The van der Waals surface area contributed by atoms with Gasteiger partial charge in [0.25, 0.3) is 0 Å². The molecule has 4 aromatic rings. The van der Waals surface area contributed by atoms with E-state index in [9.17, 15) is 5.26 Å². The van der Waals surface area contributed by atoms with Gasteiger partial charge in [0, 0.05) is 24.0 Å². The van der Waals surface area contributed by atoms with Gasteiger partial charge < -0.3 is 21.5 Å². The Hall–Kier alpha value is -5.69. The number of pyridine rings is 1. The lowest BCUT2D eigenvalue weighted by atomic mass is 9.95. The molecule has 0 saturated carbocycles. The normalized spacial score (nSPS) is 14.0. The first kappa shape index (κ1) is 21.2. The molecule has 0 aliphatic carbocycles. The summed E-state index contributed by atoms with van der Waals surface area (Å²) >= 11 is 0. The van der Waals surface area contributed by atoms with Crippen molar-refractivity contribution >= 4 is 23.3 Å². The highest BCUT2D eigenvalue weighted by Crippen LogP contribution is 2.40. The van der Waals surface area contributed by atoms with Crippen molar-refractivity contribution in [2.75, 3.05) is 16.8 Å². The molecular weight excluding hydrogens is 448 g/mol. The first-order valence-electron chi connectivity index (χ1n) is 10.2. The van der Waals surface area contributed by atoms with E-state index in [2.05, 4.69) is 35.7 Å². The van der Waals surface area contributed by atoms with Crippen molar-refractivity contribution < 1.29 is 4.74 Å². The van der Waals surface area contributed by atoms with Crippen LogP contribution >= 0.6 is 0 Å². The van der Waals surface area contributed by atoms with Gasteiger partial charge in [-0.3, -0.25) is 5.32 Å². The molecule has 1 unspecified atom stereocenters. The first-order valence-corrected chi connectivity index (χ1v) is 10.2. The van der Waals surface area contributed by atoms with Gasteiger partial charge in [0.1, 0.15) is 41.4 Å². The number of hydrogen-bond donors (Lipinski definition) is 4. The fourth-order valence-corrected chi connectivity index (χ4v) is 3.58. The van der Waals surface area contributed by atoms with Gasteiger partial charge in [0.15, 0.2) is 12.0 Å². The number of ether oxygens (including phenoxy) is 1. The number of rotatable bonds is 4. The molecule has 1 aliphatic rings. The van der Waals surface area contributed by atoms with Gasteiger partial charge in [-0.25, -0.2) is 24.6 Å². The third-order valence-electron chi connectivity index (χ3n) is 5.14. The standard InChI is InChI=1S/C22H16N12O/c23-9-14-18(25)17-19(31-22(27-10-24)33-21(17)32-20(14)26)12-2-4-13(5-3-12)35-16-8-15(28-11-29-16)34-7-1-6-30-34/h1-8,11,19H,(H6,25,26,27,31,32,33). The average Bonchev–Trinajstić information content (AvgIpc) is 3.40. The largest absolute Gasteiger partial charge is 0.439 e. The van der Waals surface area contributed by atoms with Gasteiger partial charge in [-0.2, -0.15) is 15.6 Å². The lowest BCUT2D eigenvalue weighted by Gasteiger charge is -2.26. The molecule has 0 spiro atoms. The number of benzene rings is 1. The minimum absolute atomic E-state index is 0.0173. The van der Waals surface area contributed by atoms with Crippen LogP contribution in [0.1, 0.15) is 22.7 Å². The Kier molecular flexibility index (Phi) is 5.25. The van der Waals surface area contributed by atoms with Crippen molar-refractivity contribution in [1.29, 1.82) is 10.5 Å². The number of aromatic nitrogens is 5. The topological polar surface area (TPSA) is 202 Å². The van der Waals surface area contributed by atoms with Crippen LogP contribution in [0.2, 0.25) is 0 Å². The van der Waals surface area contributed by atoms with Gasteiger partial charge in [-0.15, -0.1) is 0 Å². The molecule has 5 rings (SSSR count). The third kappa shape index (κ3) is 3.96. The SMILES string of the molecule is N#CNC1=NC(c2ccc(Oc3cc(-n4cccn4)ncn3)cc2)c2c(nc(N)c(C#N)c2N)N1. The Balaban J connectivity index is 1.47. The van der Waals surface area contributed by atoms with Gasteiger partial charge in [0.05, 0.1) is 5.69 Å². The molecule has 170 valence electrons.